The Balaban J connectivity index is 1.92. The van der Waals surface area contributed by atoms with Crippen molar-refractivity contribution in [2.75, 3.05) is 26.2 Å². The number of nitrogens with zero attached hydrogens (tertiary/aromatic N) is 1. The fourth-order valence-corrected chi connectivity index (χ4v) is 2.93. The normalized spacial score (nSPS) is 18.9. The lowest BCUT2D eigenvalue weighted by molar-refractivity contribution is -0.859. The van der Waals surface area contributed by atoms with Gasteiger partial charge < -0.3 is 4.90 Å². The first-order chi connectivity index (χ1) is 9.84. The van der Waals surface area contributed by atoms with E-state index in [1.165, 1.54) is 16.0 Å². The van der Waals surface area contributed by atoms with Crippen molar-refractivity contribution in [1.82, 2.24) is 4.90 Å². The lowest BCUT2D eigenvalue weighted by Gasteiger charge is -2.41. The molecule has 0 spiro atoms. The van der Waals surface area contributed by atoms with Gasteiger partial charge in [-0.2, -0.15) is 37.4 Å². The van der Waals surface area contributed by atoms with Gasteiger partial charge in [0.15, 0.2) is 0 Å². The highest BCUT2D eigenvalue weighted by Gasteiger charge is 2.22. The van der Waals surface area contributed by atoms with E-state index in [4.69, 9.17) is 0 Å². The van der Waals surface area contributed by atoms with Crippen LogP contribution in [0.25, 0.3) is 0 Å². The summed E-state index contributed by atoms with van der Waals surface area (Å²) in [6, 6.07) is 22.7. The van der Waals surface area contributed by atoms with Crippen molar-refractivity contribution in [3.63, 3.8) is 0 Å². The standard InChI is InChI=1S/C18H21N2/c1-19-12-14-20(15-13-19)18(16-8-4-2-5-9-16)17-10-6-3-7-11-17/h2-6,8-11,18-19H,1,12-15H2/q-1. The average molecular weight is 265 g/mol. The second-order valence-corrected chi connectivity index (χ2v) is 5.44. The van der Waals surface area contributed by atoms with Crippen molar-refractivity contribution in [2.45, 2.75) is 6.04 Å². The highest BCUT2D eigenvalue weighted by Crippen LogP contribution is 2.28. The number of benzene rings is 2. The summed E-state index contributed by atoms with van der Waals surface area (Å²) in [6.07, 6.45) is 0. The van der Waals surface area contributed by atoms with E-state index in [1.54, 1.807) is 0 Å². The first-order valence-corrected chi connectivity index (χ1v) is 7.26. The summed E-state index contributed by atoms with van der Waals surface area (Å²) < 4.78 is 0. The van der Waals surface area contributed by atoms with Gasteiger partial charge in [-0.3, -0.25) is 4.90 Å². The molecule has 1 N–H and O–H groups in total. The van der Waals surface area contributed by atoms with Crippen LogP contribution in [0, 0.1) is 13.1 Å². The molecule has 0 aliphatic carbocycles. The minimum atomic E-state index is 0.335. The molecule has 1 atom stereocenters. The van der Waals surface area contributed by atoms with Gasteiger partial charge >= 0.3 is 0 Å². The van der Waals surface area contributed by atoms with Crippen LogP contribution in [0.4, 0.5) is 0 Å². The summed E-state index contributed by atoms with van der Waals surface area (Å²) in [6.45, 7) is 4.40. The van der Waals surface area contributed by atoms with Crippen molar-refractivity contribution in [2.24, 2.45) is 0 Å². The maximum Gasteiger partial charge on any atom is 0.0660 e. The van der Waals surface area contributed by atoms with Gasteiger partial charge in [0.05, 0.1) is 13.1 Å². The van der Waals surface area contributed by atoms with Crippen LogP contribution in [0.1, 0.15) is 17.2 Å². The van der Waals surface area contributed by atoms with Gasteiger partial charge in [0.25, 0.3) is 0 Å². The van der Waals surface area contributed by atoms with Gasteiger partial charge in [0.1, 0.15) is 0 Å². The Bertz CT molecular complexity index is 476. The fourth-order valence-electron chi connectivity index (χ4n) is 2.93. The lowest BCUT2D eigenvalue weighted by Crippen LogP contribution is -3.10. The average Bonchev–Trinajstić information content (AvgIpc) is 2.52. The molecule has 2 heteroatoms. The van der Waals surface area contributed by atoms with Gasteiger partial charge in [-0.1, -0.05) is 30.3 Å². The highest BCUT2D eigenvalue weighted by molar-refractivity contribution is 5.31. The number of quaternary nitrogens is 1. The van der Waals surface area contributed by atoms with E-state index in [-0.39, 0.29) is 0 Å². The third kappa shape index (κ3) is 2.92. The van der Waals surface area contributed by atoms with Crippen LogP contribution >= 0.6 is 0 Å². The minimum absolute atomic E-state index is 0.335. The zero-order chi connectivity index (χ0) is 13.8. The summed E-state index contributed by atoms with van der Waals surface area (Å²) in [4.78, 5) is 3.94. The van der Waals surface area contributed by atoms with E-state index in [2.05, 4.69) is 66.5 Å². The molecule has 1 aliphatic heterocycles. The quantitative estimate of drug-likeness (QED) is 0.828. The molecule has 0 bridgehead atoms. The van der Waals surface area contributed by atoms with E-state index in [0.717, 1.165) is 26.2 Å². The smallest absolute Gasteiger partial charge is 0.0660 e. The van der Waals surface area contributed by atoms with Gasteiger partial charge in [-0.05, 0) is 5.56 Å². The van der Waals surface area contributed by atoms with Crippen LogP contribution in [0.15, 0.2) is 54.6 Å². The molecule has 1 unspecified atom stereocenters. The largest absolute Gasteiger partial charge is 0.466 e. The summed E-state index contributed by atoms with van der Waals surface area (Å²) in [7, 11) is 4.12. The Labute approximate surface area is 121 Å². The Morgan fingerprint density at radius 3 is 2.35 bits per heavy atom. The molecule has 1 fully saturated rings. The molecule has 0 amide bonds. The number of rotatable bonds is 3. The predicted molar refractivity (Wildman–Crippen MR) is 81.2 cm³/mol. The number of hydrogen-bond donors (Lipinski definition) is 1. The lowest BCUT2D eigenvalue weighted by atomic mass is 9.96. The van der Waals surface area contributed by atoms with Gasteiger partial charge in [0, 0.05) is 19.1 Å². The molecule has 104 valence electrons. The molecular weight excluding hydrogens is 244 g/mol. The van der Waals surface area contributed by atoms with Gasteiger partial charge in [-0.25, -0.2) is 0 Å². The van der Waals surface area contributed by atoms with Crippen LogP contribution < -0.4 is 4.90 Å². The molecule has 1 heterocycles. The summed E-state index contributed by atoms with van der Waals surface area (Å²) in [5, 5.41) is 0. The fraction of sp³-hybridized carbons (Fsp3) is 0.278. The Morgan fingerprint density at radius 1 is 1.00 bits per heavy atom. The topological polar surface area (TPSA) is 7.68 Å². The maximum absolute atomic E-state index is 4.12. The third-order valence-corrected chi connectivity index (χ3v) is 4.03. The third-order valence-electron chi connectivity index (χ3n) is 4.03. The minimum Gasteiger partial charge on any atom is -0.466 e. The zero-order valence-electron chi connectivity index (χ0n) is 11.8. The number of nitrogens with one attached hydrogen (secondary N) is 1. The van der Waals surface area contributed by atoms with E-state index < -0.39 is 0 Å². The van der Waals surface area contributed by atoms with E-state index >= 15 is 0 Å². The van der Waals surface area contributed by atoms with Crippen LogP contribution in [0.2, 0.25) is 0 Å². The van der Waals surface area contributed by atoms with Crippen LogP contribution in [0.3, 0.4) is 0 Å². The van der Waals surface area contributed by atoms with Crippen molar-refractivity contribution >= 4 is 0 Å². The molecule has 2 nitrogen and oxygen atoms in total. The highest BCUT2D eigenvalue weighted by atomic mass is 15.3. The molecule has 2 aromatic rings. The van der Waals surface area contributed by atoms with E-state index in [0.29, 0.717) is 6.04 Å². The monoisotopic (exact) mass is 265 g/mol. The summed E-state index contributed by atoms with van der Waals surface area (Å²) in [5.74, 6) is 0. The SMILES string of the molecule is [CH2-][NH+]1CCN(C(c2c[c-]ccc2)c2ccccc2)CC1. The van der Waals surface area contributed by atoms with E-state index in [1.807, 2.05) is 6.07 Å². The van der Waals surface area contributed by atoms with Crippen molar-refractivity contribution in [3.8, 4) is 0 Å². The predicted octanol–water partition coefficient (Wildman–Crippen LogP) is 1.57. The Morgan fingerprint density at radius 2 is 1.70 bits per heavy atom. The second kappa shape index (κ2) is 6.21. The molecule has 1 saturated heterocycles. The molecule has 0 saturated carbocycles. The van der Waals surface area contributed by atoms with Crippen LogP contribution in [0.5, 0.6) is 0 Å². The van der Waals surface area contributed by atoms with Gasteiger partial charge in [-0.15, -0.1) is 5.56 Å². The molecule has 2 aromatic carbocycles. The first kappa shape index (κ1) is 13.3. The summed E-state index contributed by atoms with van der Waals surface area (Å²) in [5.41, 5.74) is 2.69. The van der Waals surface area contributed by atoms with Crippen molar-refractivity contribution in [1.29, 1.82) is 0 Å². The van der Waals surface area contributed by atoms with Crippen LogP contribution in [-0.4, -0.2) is 31.1 Å². The molecule has 20 heavy (non-hydrogen) atoms. The number of piperazine rings is 1. The molecule has 0 aromatic heterocycles. The Kier molecular flexibility index (Phi) is 4.14. The van der Waals surface area contributed by atoms with Gasteiger partial charge in [0.2, 0.25) is 0 Å². The van der Waals surface area contributed by atoms with Crippen molar-refractivity contribution < 1.29 is 4.90 Å². The second-order valence-electron chi connectivity index (χ2n) is 5.44. The first-order valence-electron chi connectivity index (χ1n) is 7.26. The maximum atomic E-state index is 4.12. The summed E-state index contributed by atoms with van der Waals surface area (Å²) >= 11 is 0. The van der Waals surface area contributed by atoms with E-state index in [9.17, 15) is 0 Å². The molecule has 1 aliphatic rings. The van der Waals surface area contributed by atoms with Crippen molar-refractivity contribution in [3.05, 3.63) is 78.8 Å². The molecule has 3 rings (SSSR count). The number of hydrogen-bond acceptors (Lipinski definition) is 1. The van der Waals surface area contributed by atoms with Crippen LogP contribution in [-0.2, 0) is 0 Å². The Hall–Kier alpha value is -1.64. The zero-order valence-corrected chi connectivity index (χ0v) is 11.8. The molecule has 0 radical (unpaired) electrons. The molecular formula is C18H21N2-.